The highest BCUT2D eigenvalue weighted by molar-refractivity contribution is 5.68. The molecule has 15 heavy (non-hydrogen) atoms. The molecule has 0 aliphatic heterocycles. The van der Waals surface area contributed by atoms with Crippen LogP contribution in [-0.2, 0) is 4.79 Å². The third-order valence-electron chi connectivity index (χ3n) is 1.88. The van der Waals surface area contributed by atoms with Gasteiger partial charge in [0.2, 0.25) is 0 Å². The summed E-state index contributed by atoms with van der Waals surface area (Å²) >= 11 is 0. The second-order valence-electron chi connectivity index (χ2n) is 2.87. The molecule has 0 aliphatic carbocycles. The maximum absolute atomic E-state index is 10.5. The number of aromatic nitrogens is 1. The first-order valence-electron chi connectivity index (χ1n) is 4.29. The standard InChI is InChI=1S/C10H10N2O3/c1-15-8-3-2-4-12-10(8)7(6-11)5-9(13)14/h2-4,7H,5H2,1H3,(H,13,14). The van der Waals surface area contributed by atoms with Gasteiger partial charge in [-0.1, -0.05) is 0 Å². The number of aliphatic carboxylic acids is 1. The molecule has 0 radical (unpaired) electrons. The van der Waals surface area contributed by atoms with Gasteiger partial charge in [-0.25, -0.2) is 0 Å². The van der Waals surface area contributed by atoms with Gasteiger partial charge in [0.05, 0.1) is 25.3 Å². The molecule has 1 atom stereocenters. The number of methoxy groups -OCH3 is 1. The van der Waals surface area contributed by atoms with Crippen molar-refractivity contribution in [2.75, 3.05) is 7.11 Å². The number of hydrogen-bond acceptors (Lipinski definition) is 4. The van der Waals surface area contributed by atoms with Gasteiger partial charge in [0.25, 0.3) is 0 Å². The number of hydrogen-bond donors (Lipinski definition) is 1. The molecular weight excluding hydrogens is 196 g/mol. The van der Waals surface area contributed by atoms with Gasteiger partial charge in [0.15, 0.2) is 0 Å². The van der Waals surface area contributed by atoms with Crippen LogP contribution in [0.1, 0.15) is 18.0 Å². The van der Waals surface area contributed by atoms with E-state index in [-0.39, 0.29) is 6.42 Å². The lowest BCUT2D eigenvalue weighted by Gasteiger charge is -2.09. The van der Waals surface area contributed by atoms with Crippen LogP contribution < -0.4 is 4.74 Å². The summed E-state index contributed by atoms with van der Waals surface area (Å²) in [5.74, 6) is -1.38. The molecule has 1 rings (SSSR count). The van der Waals surface area contributed by atoms with Crippen molar-refractivity contribution in [3.8, 4) is 11.8 Å². The highest BCUT2D eigenvalue weighted by atomic mass is 16.5. The molecule has 78 valence electrons. The molecular formula is C10H10N2O3. The first-order valence-corrected chi connectivity index (χ1v) is 4.29. The Hall–Kier alpha value is -2.09. The number of rotatable bonds is 4. The minimum absolute atomic E-state index is 0.274. The van der Waals surface area contributed by atoms with Crippen molar-refractivity contribution in [3.05, 3.63) is 24.0 Å². The lowest BCUT2D eigenvalue weighted by molar-refractivity contribution is -0.137. The second-order valence-corrected chi connectivity index (χ2v) is 2.87. The second kappa shape index (κ2) is 4.96. The van der Waals surface area contributed by atoms with Crippen molar-refractivity contribution in [2.24, 2.45) is 0 Å². The highest BCUT2D eigenvalue weighted by Crippen LogP contribution is 2.25. The molecule has 0 saturated carbocycles. The van der Waals surface area contributed by atoms with Gasteiger partial charge in [-0.15, -0.1) is 0 Å². The summed E-state index contributed by atoms with van der Waals surface area (Å²) in [4.78, 5) is 14.5. The van der Waals surface area contributed by atoms with Crippen molar-refractivity contribution in [2.45, 2.75) is 12.3 Å². The fourth-order valence-electron chi connectivity index (χ4n) is 1.22. The van der Waals surface area contributed by atoms with E-state index in [2.05, 4.69) is 4.98 Å². The predicted molar refractivity (Wildman–Crippen MR) is 51.4 cm³/mol. The number of pyridine rings is 1. The third-order valence-corrected chi connectivity index (χ3v) is 1.88. The number of nitrogens with zero attached hydrogens (tertiary/aromatic N) is 2. The van der Waals surface area contributed by atoms with Crippen LogP contribution in [0.3, 0.4) is 0 Å². The maximum atomic E-state index is 10.5. The Morgan fingerprint density at radius 1 is 1.80 bits per heavy atom. The first kappa shape index (κ1) is 11.0. The normalized spacial score (nSPS) is 11.5. The minimum Gasteiger partial charge on any atom is -0.495 e. The lowest BCUT2D eigenvalue weighted by atomic mass is 10.0. The summed E-state index contributed by atoms with van der Waals surface area (Å²) in [6.45, 7) is 0. The van der Waals surface area contributed by atoms with Crippen molar-refractivity contribution < 1.29 is 14.6 Å². The summed E-state index contributed by atoms with van der Waals surface area (Å²) in [6, 6.07) is 5.21. The number of ether oxygens (including phenoxy) is 1. The van der Waals surface area contributed by atoms with Crippen molar-refractivity contribution in [1.82, 2.24) is 4.98 Å². The average molecular weight is 206 g/mol. The van der Waals surface area contributed by atoms with E-state index >= 15 is 0 Å². The third kappa shape index (κ3) is 2.68. The van der Waals surface area contributed by atoms with Crippen LogP contribution >= 0.6 is 0 Å². The smallest absolute Gasteiger partial charge is 0.305 e. The Labute approximate surface area is 86.9 Å². The molecule has 0 saturated heterocycles. The van der Waals surface area contributed by atoms with Crippen LogP contribution in [0, 0.1) is 11.3 Å². The lowest BCUT2D eigenvalue weighted by Crippen LogP contribution is -2.07. The van der Waals surface area contributed by atoms with E-state index in [0.717, 1.165) is 0 Å². The molecule has 5 heteroatoms. The highest BCUT2D eigenvalue weighted by Gasteiger charge is 2.19. The number of carboxylic acid groups (broad SMARTS) is 1. The number of carbonyl (C=O) groups is 1. The molecule has 5 nitrogen and oxygen atoms in total. The Balaban J connectivity index is 3.02. The van der Waals surface area contributed by atoms with Crippen LogP contribution in [0.25, 0.3) is 0 Å². The van der Waals surface area contributed by atoms with E-state index in [0.29, 0.717) is 11.4 Å². The van der Waals surface area contributed by atoms with Crippen LogP contribution in [0.4, 0.5) is 0 Å². The minimum atomic E-state index is -1.03. The van der Waals surface area contributed by atoms with Crippen LogP contribution in [0.2, 0.25) is 0 Å². The average Bonchev–Trinajstić information content (AvgIpc) is 2.25. The zero-order chi connectivity index (χ0) is 11.3. The van der Waals surface area contributed by atoms with Gasteiger partial charge in [0, 0.05) is 6.20 Å². The number of nitriles is 1. The molecule has 0 spiro atoms. The SMILES string of the molecule is COc1cccnc1C(C#N)CC(=O)O. The van der Waals surface area contributed by atoms with Crippen molar-refractivity contribution >= 4 is 5.97 Å². The zero-order valence-electron chi connectivity index (χ0n) is 8.17. The Bertz CT molecular complexity index is 398. The molecule has 1 aromatic heterocycles. The monoisotopic (exact) mass is 206 g/mol. The van der Waals surface area contributed by atoms with E-state index in [9.17, 15) is 4.79 Å². The van der Waals surface area contributed by atoms with Crippen LogP contribution in [0.5, 0.6) is 5.75 Å². The fourth-order valence-corrected chi connectivity index (χ4v) is 1.22. The van der Waals surface area contributed by atoms with E-state index < -0.39 is 11.9 Å². The largest absolute Gasteiger partial charge is 0.495 e. The molecule has 0 bridgehead atoms. The Morgan fingerprint density at radius 3 is 3.07 bits per heavy atom. The van der Waals surface area contributed by atoms with Gasteiger partial charge >= 0.3 is 5.97 Å². The quantitative estimate of drug-likeness (QED) is 0.799. The van der Waals surface area contributed by atoms with E-state index in [1.165, 1.54) is 13.3 Å². The fraction of sp³-hybridized carbons (Fsp3) is 0.300. The summed E-state index contributed by atoms with van der Waals surface area (Å²) in [7, 11) is 1.45. The summed E-state index contributed by atoms with van der Waals surface area (Å²) in [6.07, 6.45) is 1.23. The molecule has 0 aromatic carbocycles. The topological polar surface area (TPSA) is 83.2 Å². The molecule has 1 unspecified atom stereocenters. The van der Waals surface area contributed by atoms with E-state index in [1.807, 2.05) is 6.07 Å². The van der Waals surface area contributed by atoms with Gasteiger partial charge in [-0.2, -0.15) is 5.26 Å². The Kier molecular flexibility index (Phi) is 3.63. The Morgan fingerprint density at radius 2 is 2.53 bits per heavy atom. The van der Waals surface area contributed by atoms with E-state index in [4.69, 9.17) is 15.1 Å². The van der Waals surface area contributed by atoms with Gasteiger partial charge < -0.3 is 9.84 Å². The van der Waals surface area contributed by atoms with Crippen molar-refractivity contribution in [1.29, 1.82) is 5.26 Å². The summed E-state index contributed by atoms with van der Waals surface area (Å²) < 4.78 is 5.00. The molecule has 0 aliphatic rings. The van der Waals surface area contributed by atoms with Gasteiger partial charge in [-0.05, 0) is 12.1 Å². The first-order chi connectivity index (χ1) is 7.19. The van der Waals surface area contributed by atoms with Gasteiger partial charge in [0.1, 0.15) is 11.7 Å². The maximum Gasteiger partial charge on any atom is 0.305 e. The van der Waals surface area contributed by atoms with E-state index in [1.54, 1.807) is 12.1 Å². The number of carboxylic acids is 1. The molecule has 1 N–H and O–H groups in total. The van der Waals surface area contributed by atoms with Gasteiger partial charge in [-0.3, -0.25) is 9.78 Å². The predicted octanol–water partition coefficient (Wildman–Crippen LogP) is 1.17. The van der Waals surface area contributed by atoms with Crippen molar-refractivity contribution in [3.63, 3.8) is 0 Å². The zero-order valence-corrected chi connectivity index (χ0v) is 8.17. The molecule has 0 amide bonds. The van der Waals surface area contributed by atoms with Crippen LogP contribution in [-0.4, -0.2) is 23.2 Å². The van der Waals surface area contributed by atoms with Crippen LogP contribution in [0.15, 0.2) is 18.3 Å². The molecule has 0 fully saturated rings. The molecule has 1 aromatic rings. The molecule has 1 heterocycles. The summed E-state index contributed by atoms with van der Waals surface area (Å²) in [5.41, 5.74) is 0.366. The summed E-state index contributed by atoms with van der Waals surface area (Å²) in [5, 5.41) is 17.5.